The van der Waals surface area contributed by atoms with Gasteiger partial charge < -0.3 is 10.3 Å². The summed E-state index contributed by atoms with van der Waals surface area (Å²) in [7, 11) is 0. The number of carbonyl (C=O) groups is 1. The second-order valence-electron chi connectivity index (χ2n) is 2.55. The van der Waals surface area contributed by atoms with E-state index in [-0.39, 0.29) is 11.1 Å². The van der Waals surface area contributed by atoms with E-state index in [2.05, 4.69) is 16.2 Å². The van der Waals surface area contributed by atoms with Crippen LogP contribution in [0.25, 0.3) is 0 Å². The maximum Gasteiger partial charge on any atom is 0.267 e. The molecule has 0 radical (unpaired) electrons. The Labute approximate surface area is 91.8 Å². The molecule has 0 atom stereocenters. The van der Waals surface area contributed by atoms with E-state index in [1.54, 1.807) is 0 Å². The molecule has 0 saturated carbocycles. The molecule has 1 aromatic heterocycles. The molecule has 1 amide bonds. The number of amides is 1. The molecule has 74 valence electrons. The van der Waals surface area contributed by atoms with Crippen LogP contribution in [-0.2, 0) is 0 Å². The zero-order valence-corrected chi connectivity index (χ0v) is 8.74. The molecule has 3 nitrogen and oxygen atoms in total. The third-order valence-electron chi connectivity index (χ3n) is 1.52. The summed E-state index contributed by atoms with van der Waals surface area (Å²) in [4.78, 5) is 14.0. The van der Waals surface area contributed by atoms with E-state index in [1.807, 2.05) is 0 Å². The maximum absolute atomic E-state index is 11.4. The van der Waals surface area contributed by atoms with Crippen LogP contribution in [0.2, 0.25) is 10.2 Å². The van der Waals surface area contributed by atoms with Crippen molar-refractivity contribution in [1.29, 1.82) is 0 Å². The van der Waals surface area contributed by atoms with Crippen molar-refractivity contribution in [3.8, 4) is 12.3 Å². The fraction of sp³-hybridized carbons (Fsp3) is 0.222. The molecule has 0 aromatic carbocycles. The average Bonchev–Trinajstić information content (AvgIpc) is 2.47. The van der Waals surface area contributed by atoms with Gasteiger partial charge in [0.2, 0.25) is 0 Å². The summed E-state index contributed by atoms with van der Waals surface area (Å²) in [5.74, 6) is 2.14. The van der Waals surface area contributed by atoms with Gasteiger partial charge in [0.05, 0.1) is 5.02 Å². The van der Waals surface area contributed by atoms with Crippen LogP contribution in [0.15, 0.2) is 6.07 Å². The van der Waals surface area contributed by atoms with Gasteiger partial charge in [-0.1, -0.05) is 23.2 Å². The normalized spacial score (nSPS) is 9.50. The van der Waals surface area contributed by atoms with Gasteiger partial charge in [-0.3, -0.25) is 4.79 Å². The van der Waals surface area contributed by atoms with Crippen molar-refractivity contribution in [3.63, 3.8) is 0 Å². The SMILES string of the molecule is C#CCCNC(=O)c1cc(Cl)c(Cl)[nH]1. The van der Waals surface area contributed by atoms with Gasteiger partial charge in [0.15, 0.2) is 0 Å². The van der Waals surface area contributed by atoms with Crippen LogP contribution in [0.1, 0.15) is 16.9 Å². The van der Waals surface area contributed by atoms with Crippen LogP contribution in [0.4, 0.5) is 0 Å². The van der Waals surface area contributed by atoms with Gasteiger partial charge in [-0.25, -0.2) is 0 Å². The minimum Gasteiger partial charge on any atom is -0.350 e. The van der Waals surface area contributed by atoms with E-state index < -0.39 is 0 Å². The molecular weight excluding hydrogens is 223 g/mol. The smallest absolute Gasteiger partial charge is 0.267 e. The molecule has 1 aromatic rings. The van der Waals surface area contributed by atoms with E-state index in [4.69, 9.17) is 29.6 Å². The summed E-state index contributed by atoms with van der Waals surface area (Å²) in [5.41, 5.74) is 0.331. The lowest BCUT2D eigenvalue weighted by molar-refractivity contribution is 0.0950. The molecule has 0 aliphatic heterocycles. The molecule has 5 heteroatoms. The summed E-state index contributed by atoms with van der Waals surface area (Å²) < 4.78 is 0. The van der Waals surface area contributed by atoms with Gasteiger partial charge in [0.25, 0.3) is 5.91 Å². The monoisotopic (exact) mass is 230 g/mol. The van der Waals surface area contributed by atoms with Crippen molar-refractivity contribution >= 4 is 29.1 Å². The van der Waals surface area contributed by atoms with Crippen molar-refractivity contribution in [2.75, 3.05) is 6.54 Å². The third-order valence-corrected chi connectivity index (χ3v) is 2.22. The fourth-order valence-corrected chi connectivity index (χ4v) is 1.18. The van der Waals surface area contributed by atoms with E-state index >= 15 is 0 Å². The highest BCUT2D eigenvalue weighted by Gasteiger charge is 2.10. The molecule has 0 bridgehead atoms. The van der Waals surface area contributed by atoms with Gasteiger partial charge in [-0.15, -0.1) is 12.3 Å². The zero-order chi connectivity index (χ0) is 10.6. The largest absolute Gasteiger partial charge is 0.350 e. The Morgan fingerprint density at radius 2 is 2.36 bits per heavy atom. The summed E-state index contributed by atoms with van der Waals surface area (Å²) in [5, 5.41) is 3.20. The predicted molar refractivity (Wildman–Crippen MR) is 56.6 cm³/mol. The zero-order valence-electron chi connectivity index (χ0n) is 7.23. The van der Waals surface area contributed by atoms with Crippen molar-refractivity contribution in [1.82, 2.24) is 10.3 Å². The molecular formula is C9H8Cl2N2O. The molecule has 1 rings (SSSR count). The van der Waals surface area contributed by atoms with Crippen LogP contribution in [0.5, 0.6) is 0 Å². The third kappa shape index (κ3) is 2.69. The number of carbonyl (C=O) groups excluding carboxylic acids is 1. The molecule has 0 aliphatic rings. The fourth-order valence-electron chi connectivity index (χ4n) is 0.870. The molecule has 0 unspecified atom stereocenters. The maximum atomic E-state index is 11.4. The number of aromatic nitrogens is 1. The Hall–Kier alpha value is -1.11. The minimum absolute atomic E-state index is 0.258. The molecule has 1 heterocycles. The molecule has 0 fully saturated rings. The van der Waals surface area contributed by atoms with E-state index in [9.17, 15) is 4.79 Å². The lowest BCUT2D eigenvalue weighted by Gasteiger charge is -1.99. The van der Waals surface area contributed by atoms with E-state index in [0.29, 0.717) is 23.7 Å². The van der Waals surface area contributed by atoms with Gasteiger partial charge in [0.1, 0.15) is 10.8 Å². The number of terminal acetylenes is 1. The van der Waals surface area contributed by atoms with Gasteiger partial charge in [0, 0.05) is 13.0 Å². The molecule has 0 saturated heterocycles. The minimum atomic E-state index is -0.269. The van der Waals surface area contributed by atoms with Gasteiger partial charge in [-0.2, -0.15) is 0 Å². The molecule has 0 spiro atoms. The number of aromatic amines is 1. The number of H-pyrrole nitrogens is 1. The van der Waals surface area contributed by atoms with Crippen molar-refractivity contribution in [2.45, 2.75) is 6.42 Å². The Kier molecular flexibility index (Phi) is 3.87. The number of hydrogen-bond acceptors (Lipinski definition) is 1. The van der Waals surface area contributed by atoms with E-state index in [0.717, 1.165) is 0 Å². The van der Waals surface area contributed by atoms with Crippen molar-refractivity contribution < 1.29 is 4.79 Å². The number of rotatable bonds is 3. The first-order chi connectivity index (χ1) is 6.65. The second kappa shape index (κ2) is 4.94. The van der Waals surface area contributed by atoms with Gasteiger partial charge >= 0.3 is 0 Å². The van der Waals surface area contributed by atoms with Gasteiger partial charge in [-0.05, 0) is 6.07 Å². The Balaban J connectivity index is 2.57. The first kappa shape index (κ1) is 11.0. The van der Waals surface area contributed by atoms with Crippen molar-refractivity contribution in [2.24, 2.45) is 0 Å². The lowest BCUT2D eigenvalue weighted by atomic mass is 10.4. The predicted octanol–water partition coefficient (Wildman–Crippen LogP) is 2.07. The van der Waals surface area contributed by atoms with Crippen molar-refractivity contribution in [3.05, 3.63) is 21.9 Å². The number of nitrogens with one attached hydrogen (secondary N) is 2. The molecule has 14 heavy (non-hydrogen) atoms. The Morgan fingerprint density at radius 1 is 1.64 bits per heavy atom. The highest BCUT2D eigenvalue weighted by atomic mass is 35.5. The van der Waals surface area contributed by atoms with Crippen LogP contribution in [0.3, 0.4) is 0 Å². The highest BCUT2D eigenvalue weighted by Crippen LogP contribution is 2.21. The standard InChI is InChI=1S/C9H8Cl2N2O/c1-2-3-4-12-9(14)7-5-6(10)8(11)13-7/h1,5,13H,3-4H2,(H,12,14). The summed E-state index contributed by atoms with van der Waals surface area (Å²) in [6.45, 7) is 0.434. The first-order valence-electron chi connectivity index (χ1n) is 3.91. The number of hydrogen-bond donors (Lipinski definition) is 2. The summed E-state index contributed by atoms with van der Waals surface area (Å²) in [6, 6.07) is 1.47. The molecule has 0 aliphatic carbocycles. The van der Waals surface area contributed by atoms with Crippen LogP contribution in [-0.4, -0.2) is 17.4 Å². The van der Waals surface area contributed by atoms with E-state index in [1.165, 1.54) is 6.07 Å². The second-order valence-corrected chi connectivity index (χ2v) is 3.34. The summed E-state index contributed by atoms with van der Waals surface area (Å²) >= 11 is 11.3. The Bertz CT molecular complexity index is 359. The first-order valence-corrected chi connectivity index (χ1v) is 4.66. The molecule has 2 N–H and O–H groups in total. The Morgan fingerprint density at radius 3 is 2.86 bits per heavy atom. The average molecular weight is 231 g/mol. The van der Waals surface area contributed by atoms with Crippen LogP contribution >= 0.6 is 23.2 Å². The lowest BCUT2D eigenvalue weighted by Crippen LogP contribution is -2.24. The highest BCUT2D eigenvalue weighted by molar-refractivity contribution is 6.41. The topological polar surface area (TPSA) is 44.9 Å². The summed E-state index contributed by atoms with van der Waals surface area (Å²) in [6.07, 6.45) is 5.52. The van der Waals surface area contributed by atoms with Crippen LogP contribution in [0, 0.1) is 12.3 Å². The number of halogens is 2. The quantitative estimate of drug-likeness (QED) is 0.607. The van der Waals surface area contributed by atoms with Crippen LogP contribution < -0.4 is 5.32 Å².